The molecule has 1 amide bonds. The number of aromatic nitrogens is 2. The number of unbranched alkanes of at least 4 members (excludes halogenated alkanes) is 1. The highest BCUT2D eigenvalue weighted by molar-refractivity contribution is 6.00. The number of nitrogens with one attached hydrogen (secondary N) is 2. The fourth-order valence-corrected chi connectivity index (χ4v) is 3.87. The highest BCUT2D eigenvalue weighted by atomic mass is 16.6. The lowest BCUT2D eigenvalue weighted by molar-refractivity contribution is -0.0366. The molecule has 0 aliphatic carbocycles. The van der Waals surface area contributed by atoms with Crippen molar-refractivity contribution < 1.29 is 28.5 Å². The topological polar surface area (TPSA) is 113 Å². The number of nitrogens with zero attached hydrogens (tertiary/aromatic N) is 2. The van der Waals surface area contributed by atoms with E-state index in [0.717, 1.165) is 48.7 Å². The first kappa shape index (κ1) is 26.7. The summed E-state index contributed by atoms with van der Waals surface area (Å²) >= 11 is 0. The normalized spacial score (nSPS) is 16.2. The van der Waals surface area contributed by atoms with E-state index >= 15 is 0 Å². The van der Waals surface area contributed by atoms with Crippen LogP contribution < -0.4 is 10.6 Å². The molecule has 0 bridgehead atoms. The number of rotatable bonds is 11. The van der Waals surface area contributed by atoms with Crippen molar-refractivity contribution in [3.8, 4) is 0 Å². The molecule has 3 rings (SSSR count). The van der Waals surface area contributed by atoms with E-state index in [-0.39, 0.29) is 6.23 Å². The minimum Gasteiger partial charge on any atom is -0.465 e. The van der Waals surface area contributed by atoms with Crippen molar-refractivity contribution in [1.29, 1.82) is 0 Å². The predicted molar refractivity (Wildman–Crippen MR) is 133 cm³/mol. The average molecular weight is 491 g/mol. The van der Waals surface area contributed by atoms with Crippen LogP contribution in [0.2, 0.25) is 0 Å². The first-order valence-corrected chi connectivity index (χ1v) is 12.3. The summed E-state index contributed by atoms with van der Waals surface area (Å²) in [6, 6.07) is 3.59. The van der Waals surface area contributed by atoms with Gasteiger partial charge in [-0.15, -0.1) is 0 Å². The summed E-state index contributed by atoms with van der Waals surface area (Å²) in [7, 11) is 1.37. The highest BCUT2D eigenvalue weighted by Crippen LogP contribution is 2.31. The Kier molecular flexibility index (Phi) is 9.73. The van der Waals surface area contributed by atoms with Crippen molar-refractivity contribution in [1.82, 2.24) is 15.1 Å². The van der Waals surface area contributed by atoms with E-state index in [9.17, 15) is 9.59 Å². The summed E-state index contributed by atoms with van der Waals surface area (Å²) in [5.41, 5.74) is 1.60. The van der Waals surface area contributed by atoms with Crippen LogP contribution in [0.25, 0.3) is 10.9 Å². The van der Waals surface area contributed by atoms with Gasteiger partial charge in [-0.3, -0.25) is 0 Å². The van der Waals surface area contributed by atoms with Gasteiger partial charge in [0.05, 0.1) is 31.0 Å². The number of carbonyl (C=O) groups excluding carboxylic acids is 2. The summed E-state index contributed by atoms with van der Waals surface area (Å²) < 4.78 is 23.6. The molecule has 2 heterocycles. The van der Waals surface area contributed by atoms with Crippen molar-refractivity contribution in [2.45, 2.75) is 64.7 Å². The zero-order valence-corrected chi connectivity index (χ0v) is 21.2. The third-order valence-electron chi connectivity index (χ3n) is 5.51. The van der Waals surface area contributed by atoms with E-state index in [1.54, 1.807) is 18.3 Å². The molecule has 0 saturated carbocycles. The predicted octanol–water partition coefficient (Wildman–Crippen LogP) is 4.26. The van der Waals surface area contributed by atoms with Gasteiger partial charge in [-0.05, 0) is 65.0 Å². The zero-order valence-electron chi connectivity index (χ0n) is 21.2. The van der Waals surface area contributed by atoms with Crippen LogP contribution in [0.15, 0.2) is 18.3 Å². The number of benzene rings is 1. The van der Waals surface area contributed by atoms with Crippen LogP contribution in [0.4, 0.5) is 10.5 Å². The molecule has 194 valence electrons. The van der Waals surface area contributed by atoms with Crippen LogP contribution in [-0.4, -0.2) is 67.5 Å². The third-order valence-corrected chi connectivity index (χ3v) is 5.51. The van der Waals surface area contributed by atoms with Crippen molar-refractivity contribution >= 4 is 28.7 Å². The first-order valence-electron chi connectivity index (χ1n) is 12.3. The monoisotopic (exact) mass is 490 g/mol. The maximum Gasteiger partial charge on any atom is 0.407 e. The Hall–Kier alpha value is -2.85. The quantitative estimate of drug-likeness (QED) is 0.355. The summed E-state index contributed by atoms with van der Waals surface area (Å²) in [5.74, 6) is -0.400. The number of hydrogen-bond acceptors (Lipinski definition) is 8. The van der Waals surface area contributed by atoms with Gasteiger partial charge in [-0.1, -0.05) is 0 Å². The molecule has 2 N–H and O–H groups in total. The smallest absolute Gasteiger partial charge is 0.407 e. The highest BCUT2D eigenvalue weighted by Gasteiger charge is 2.21. The molecule has 1 atom stereocenters. The molecule has 1 saturated heterocycles. The summed E-state index contributed by atoms with van der Waals surface area (Å²) in [6.07, 6.45) is 5.93. The first-order chi connectivity index (χ1) is 16.8. The molecular formula is C25H38N4O6. The van der Waals surface area contributed by atoms with Gasteiger partial charge in [0.15, 0.2) is 6.23 Å². The lowest BCUT2D eigenvalue weighted by atomic mass is 10.1. The van der Waals surface area contributed by atoms with Gasteiger partial charge in [0, 0.05) is 37.4 Å². The molecule has 1 aliphatic rings. The minimum absolute atomic E-state index is 0.130. The van der Waals surface area contributed by atoms with Gasteiger partial charge in [-0.2, -0.15) is 5.10 Å². The maximum atomic E-state index is 12.3. The Morgan fingerprint density at radius 2 is 2.00 bits per heavy atom. The average Bonchev–Trinajstić information content (AvgIpc) is 3.26. The van der Waals surface area contributed by atoms with Crippen LogP contribution in [0.1, 0.15) is 69.5 Å². The fourth-order valence-electron chi connectivity index (χ4n) is 3.87. The molecule has 10 heteroatoms. The number of amides is 1. The standard InChI is InChI=1S/C25H38N4O6/c1-25(2,3)35-24(31)27-10-6-8-12-33-14-11-26-20-15-18(23(30)32-4)16-21-19(20)17-28-29(21)22-9-5-7-13-34-22/h15-17,22,26H,5-14H2,1-4H3,(H,27,31). The number of alkyl carbamates (subject to hydrolysis) is 1. The number of ether oxygens (including phenoxy) is 4. The lowest BCUT2D eigenvalue weighted by Gasteiger charge is -2.23. The fraction of sp³-hybridized carbons (Fsp3) is 0.640. The molecule has 1 aromatic heterocycles. The Morgan fingerprint density at radius 1 is 1.17 bits per heavy atom. The second-order valence-electron chi connectivity index (χ2n) is 9.53. The van der Waals surface area contributed by atoms with E-state index in [4.69, 9.17) is 18.9 Å². The van der Waals surface area contributed by atoms with E-state index in [1.807, 2.05) is 25.5 Å². The van der Waals surface area contributed by atoms with Crippen LogP contribution in [0.5, 0.6) is 0 Å². The molecule has 10 nitrogen and oxygen atoms in total. The summed E-state index contributed by atoms with van der Waals surface area (Å²) in [5, 5.41) is 11.6. The number of carbonyl (C=O) groups is 2. The summed E-state index contributed by atoms with van der Waals surface area (Å²) in [6.45, 7) is 8.43. The lowest BCUT2D eigenvalue weighted by Crippen LogP contribution is -2.33. The second kappa shape index (κ2) is 12.7. The van der Waals surface area contributed by atoms with E-state index in [0.29, 0.717) is 38.5 Å². The molecule has 1 aromatic carbocycles. The van der Waals surface area contributed by atoms with Crippen LogP contribution in [-0.2, 0) is 18.9 Å². The molecule has 2 aromatic rings. The number of anilines is 1. The van der Waals surface area contributed by atoms with Gasteiger partial charge in [0.25, 0.3) is 0 Å². The van der Waals surface area contributed by atoms with Crippen LogP contribution in [0.3, 0.4) is 0 Å². The largest absolute Gasteiger partial charge is 0.465 e. The second-order valence-corrected chi connectivity index (χ2v) is 9.53. The molecule has 0 radical (unpaired) electrons. The van der Waals surface area contributed by atoms with Crippen LogP contribution >= 0.6 is 0 Å². The molecular weight excluding hydrogens is 452 g/mol. The van der Waals surface area contributed by atoms with E-state index in [1.165, 1.54) is 7.11 Å². The summed E-state index contributed by atoms with van der Waals surface area (Å²) in [4.78, 5) is 23.9. The Labute approximate surface area is 206 Å². The minimum atomic E-state index is -0.496. The van der Waals surface area contributed by atoms with Crippen molar-refractivity contribution in [2.24, 2.45) is 0 Å². The molecule has 0 spiro atoms. The van der Waals surface area contributed by atoms with Gasteiger partial charge in [0.2, 0.25) is 0 Å². The van der Waals surface area contributed by atoms with Crippen molar-refractivity contribution in [2.75, 3.05) is 45.3 Å². The van der Waals surface area contributed by atoms with Crippen LogP contribution in [0, 0.1) is 0 Å². The Balaban J connectivity index is 1.47. The Morgan fingerprint density at radius 3 is 2.71 bits per heavy atom. The van der Waals surface area contributed by atoms with Gasteiger partial charge < -0.3 is 29.6 Å². The van der Waals surface area contributed by atoms with Gasteiger partial charge in [-0.25, -0.2) is 14.3 Å². The Bertz CT molecular complexity index is 978. The molecule has 1 unspecified atom stereocenters. The molecule has 35 heavy (non-hydrogen) atoms. The number of fused-ring (bicyclic) bond motifs is 1. The molecule has 1 fully saturated rings. The zero-order chi connectivity index (χ0) is 25.3. The number of hydrogen-bond donors (Lipinski definition) is 2. The van der Waals surface area contributed by atoms with E-state index in [2.05, 4.69) is 15.7 Å². The molecule has 1 aliphatic heterocycles. The van der Waals surface area contributed by atoms with Gasteiger partial charge >= 0.3 is 12.1 Å². The van der Waals surface area contributed by atoms with Gasteiger partial charge in [0.1, 0.15) is 5.60 Å². The van der Waals surface area contributed by atoms with E-state index < -0.39 is 17.7 Å². The van der Waals surface area contributed by atoms with Crippen molar-refractivity contribution in [3.05, 3.63) is 23.9 Å². The maximum absolute atomic E-state index is 12.3. The van der Waals surface area contributed by atoms with Crippen molar-refractivity contribution in [3.63, 3.8) is 0 Å². The number of esters is 1. The third kappa shape index (κ3) is 8.10. The SMILES string of the molecule is COC(=O)c1cc(NCCOCCCCNC(=O)OC(C)(C)C)c2cnn(C3CCCCO3)c2c1. The number of methoxy groups -OCH3 is 1.